The quantitative estimate of drug-likeness (QED) is 0.575. The molecule has 0 atom stereocenters. The number of rotatable bonds is 2. The van der Waals surface area contributed by atoms with Gasteiger partial charge < -0.3 is 4.42 Å². The van der Waals surface area contributed by atoms with E-state index >= 15 is 0 Å². The molecule has 0 saturated carbocycles. The van der Waals surface area contributed by atoms with Crippen LogP contribution in [0.5, 0.6) is 5.95 Å². The Morgan fingerprint density at radius 3 is 2.80 bits per heavy atom. The van der Waals surface area contributed by atoms with Gasteiger partial charge >= 0.3 is 5.09 Å². The van der Waals surface area contributed by atoms with Crippen molar-refractivity contribution in [3.05, 3.63) is 28.5 Å². The van der Waals surface area contributed by atoms with Crippen LogP contribution in [0.3, 0.4) is 0 Å². The maximum absolute atomic E-state index is 9.59. The van der Waals surface area contributed by atoms with Gasteiger partial charge in [-0.25, -0.2) is 4.84 Å². The summed E-state index contributed by atoms with van der Waals surface area (Å²) >= 11 is 0. The maximum atomic E-state index is 9.59. The SMILES string of the molecule is O=[N+]([O-])Oc1ccco1.[U]. The molecule has 0 amide bonds. The molecule has 0 fully saturated rings. The van der Waals surface area contributed by atoms with E-state index in [1.165, 1.54) is 18.4 Å². The average molecular weight is 367 g/mol. The Hall–Kier alpha value is -0.468. The van der Waals surface area contributed by atoms with Crippen LogP contribution in [0.15, 0.2) is 22.8 Å². The third-order valence-corrected chi connectivity index (χ3v) is 0.660. The molecule has 0 N–H and O–H groups in total. The minimum absolute atomic E-state index is 0. The third-order valence-electron chi connectivity index (χ3n) is 0.660. The van der Waals surface area contributed by atoms with Crippen LogP contribution in [-0.2, 0) is 0 Å². The van der Waals surface area contributed by atoms with E-state index in [2.05, 4.69) is 9.25 Å². The molecule has 0 aliphatic rings. The van der Waals surface area contributed by atoms with Gasteiger partial charge in [0.2, 0.25) is 0 Å². The van der Waals surface area contributed by atoms with Crippen molar-refractivity contribution in [1.29, 1.82) is 0 Å². The van der Waals surface area contributed by atoms with E-state index in [1.807, 2.05) is 0 Å². The molecule has 6 heteroatoms. The van der Waals surface area contributed by atoms with Crippen LogP contribution in [0.25, 0.3) is 0 Å². The first-order valence-corrected chi connectivity index (χ1v) is 2.15. The molecule has 0 aromatic carbocycles. The van der Waals surface area contributed by atoms with Crippen molar-refractivity contribution in [3.8, 4) is 5.95 Å². The van der Waals surface area contributed by atoms with Gasteiger partial charge in [-0.3, -0.25) is 0 Å². The first kappa shape index (κ1) is 9.53. The molecular formula is C4H3NO4U. The Labute approximate surface area is 79.8 Å². The summed E-state index contributed by atoms with van der Waals surface area (Å²) in [6.07, 6.45) is 1.29. The monoisotopic (exact) mass is 367 g/mol. The van der Waals surface area contributed by atoms with E-state index in [9.17, 15) is 10.1 Å². The van der Waals surface area contributed by atoms with Gasteiger partial charge in [0.1, 0.15) is 0 Å². The first-order valence-electron chi connectivity index (χ1n) is 2.15. The third kappa shape index (κ3) is 2.90. The molecule has 5 nitrogen and oxygen atoms in total. The van der Waals surface area contributed by atoms with Crippen molar-refractivity contribution in [2.75, 3.05) is 0 Å². The van der Waals surface area contributed by atoms with Gasteiger partial charge in [0.25, 0.3) is 5.95 Å². The van der Waals surface area contributed by atoms with Gasteiger partial charge in [-0.2, -0.15) is 0 Å². The molecule has 1 heterocycles. The summed E-state index contributed by atoms with van der Waals surface area (Å²) in [4.78, 5) is 13.5. The van der Waals surface area contributed by atoms with Gasteiger partial charge in [-0.15, -0.1) is 10.1 Å². The number of hydrogen-bond acceptors (Lipinski definition) is 4. The van der Waals surface area contributed by atoms with Gasteiger partial charge in [0.15, 0.2) is 0 Å². The van der Waals surface area contributed by atoms with Crippen LogP contribution in [0, 0.1) is 41.2 Å². The summed E-state index contributed by atoms with van der Waals surface area (Å²) in [5.74, 6) is -0.111. The van der Waals surface area contributed by atoms with Crippen molar-refractivity contribution < 1.29 is 45.5 Å². The summed E-state index contributed by atoms with van der Waals surface area (Å²) in [6, 6.07) is 2.85. The fraction of sp³-hybridized carbons (Fsp3) is 0. The van der Waals surface area contributed by atoms with Crippen LogP contribution in [0.4, 0.5) is 0 Å². The minimum Gasteiger partial charge on any atom is -0.444 e. The number of hydrogen-bond donors (Lipinski definition) is 0. The predicted octanol–water partition coefficient (Wildman–Crippen LogP) is 0.850. The number of nitrogens with zero attached hydrogens (tertiary/aromatic N) is 1. The van der Waals surface area contributed by atoms with Crippen molar-refractivity contribution in [2.45, 2.75) is 0 Å². The van der Waals surface area contributed by atoms with Gasteiger partial charge in [0.05, 0.1) is 6.26 Å². The summed E-state index contributed by atoms with van der Waals surface area (Å²) in [6.45, 7) is 0. The van der Waals surface area contributed by atoms with Gasteiger partial charge in [-0.05, 0) is 6.07 Å². The zero-order chi connectivity index (χ0) is 6.69. The van der Waals surface area contributed by atoms with E-state index < -0.39 is 5.09 Å². The Kier molecular flexibility index (Phi) is 4.16. The van der Waals surface area contributed by atoms with Crippen LogP contribution >= 0.6 is 0 Å². The fourth-order valence-electron chi connectivity index (χ4n) is 0.389. The summed E-state index contributed by atoms with van der Waals surface area (Å²) < 4.78 is 4.48. The molecule has 10 heavy (non-hydrogen) atoms. The standard InChI is InChI=1S/C4H3NO4.U/c6-5(7)9-4-2-1-3-8-4;/h1-3H;. The van der Waals surface area contributed by atoms with Gasteiger partial charge in [-0.1, -0.05) is 0 Å². The van der Waals surface area contributed by atoms with E-state index in [1.54, 1.807) is 0 Å². The van der Waals surface area contributed by atoms with Crippen LogP contribution in [0.1, 0.15) is 0 Å². The molecular weight excluding hydrogens is 364 g/mol. The largest absolute Gasteiger partial charge is 0.444 e. The second-order valence-electron chi connectivity index (χ2n) is 1.25. The second-order valence-corrected chi connectivity index (χ2v) is 1.25. The van der Waals surface area contributed by atoms with E-state index in [0.29, 0.717) is 0 Å². The van der Waals surface area contributed by atoms with Crippen LogP contribution in [0.2, 0.25) is 0 Å². The fourth-order valence-corrected chi connectivity index (χ4v) is 0.389. The smallest absolute Gasteiger partial charge is 0.302 e. The average Bonchev–Trinajstić information content (AvgIpc) is 2.15. The second kappa shape index (κ2) is 4.36. The molecule has 0 unspecified atom stereocenters. The summed E-state index contributed by atoms with van der Waals surface area (Å²) in [5.41, 5.74) is 0. The van der Waals surface area contributed by atoms with Crippen molar-refractivity contribution in [3.63, 3.8) is 0 Å². The molecule has 0 radical (unpaired) electrons. The minimum atomic E-state index is -0.932. The molecule has 0 aliphatic carbocycles. The van der Waals surface area contributed by atoms with Crippen LogP contribution in [-0.4, -0.2) is 5.09 Å². The summed E-state index contributed by atoms with van der Waals surface area (Å²) in [7, 11) is 0. The topological polar surface area (TPSA) is 65.5 Å². The number of furan rings is 1. The van der Waals surface area contributed by atoms with E-state index in [4.69, 9.17) is 0 Å². The first-order chi connectivity index (χ1) is 4.29. The van der Waals surface area contributed by atoms with E-state index in [-0.39, 0.29) is 37.1 Å². The Morgan fingerprint density at radius 1 is 1.70 bits per heavy atom. The van der Waals surface area contributed by atoms with Crippen molar-refractivity contribution >= 4 is 0 Å². The van der Waals surface area contributed by atoms with Gasteiger partial charge in [0, 0.05) is 37.2 Å². The molecule has 52 valence electrons. The Bertz CT molecular complexity index is 197. The predicted molar refractivity (Wildman–Crippen MR) is 26.3 cm³/mol. The molecule has 1 aromatic rings. The van der Waals surface area contributed by atoms with Crippen LogP contribution < -0.4 is 4.84 Å². The zero-order valence-electron chi connectivity index (χ0n) is 4.81. The molecule has 1 aromatic heterocycles. The molecule has 0 spiro atoms. The molecule has 1 rings (SSSR count). The molecule has 0 saturated heterocycles. The molecule has 0 aliphatic heterocycles. The Morgan fingerprint density at radius 2 is 2.40 bits per heavy atom. The Balaban J connectivity index is 0.000000810. The zero-order valence-corrected chi connectivity index (χ0v) is 8.98. The molecule has 0 bridgehead atoms. The maximum Gasteiger partial charge on any atom is 0.302 e. The van der Waals surface area contributed by atoms with E-state index in [0.717, 1.165) is 0 Å². The van der Waals surface area contributed by atoms with Crippen molar-refractivity contribution in [2.24, 2.45) is 0 Å². The summed E-state index contributed by atoms with van der Waals surface area (Å²) in [5, 5.41) is 8.66. The van der Waals surface area contributed by atoms with Crippen molar-refractivity contribution in [1.82, 2.24) is 0 Å². The normalized spacial score (nSPS) is 8.00.